The van der Waals surface area contributed by atoms with Crippen molar-refractivity contribution in [2.75, 3.05) is 33.4 Å². The van der Waals surface area contributed by atoms with Gasteiger partial charge in [0.25, 0.3) is 0 Å². The summed E-state index contributed by atoms with van der Waals surface area (Å²) in [6.07, 6.45) is 3.39. The van der Waals surface area contributed by atoms with Crippen molar-refractivity contribution in [3.63, 3.8) is 0 Å². The van der Waals surface area contributed by atoms with Crippen molar-refractivity contribution in [3.8, 4) is 0 Å². The van der Waals surface area contributed by atoms with Gasteiger partial charge >= 0.3 is 0 Å². The maximum Gasteiger partial charge on any atom is 0.191 e. The summed E-state index contributed by atoms with van der Waals surface area (Å²) < 4.78 is 18.6. The van der Waals surface area contributed by atoms with Crippen molar-refractivity contribution < 1.29 is 9.13 Å². The third-order valence-electron chi connectivity index (χ3n) is 3.41. The van der Waals surface area contributed by atoms with Crippen molar-refractivity contribution in [2.45, 2.75) is 19.3 Å². The summed E-state index contributed by atoms with van der Waals surface area (Å²) in [5.41, 5.74) is 0.978. The SMILES string of the molecule is CN=C(NCCOCC1CC1)NCCc1cccc(F)c1.I. The van der Waals surface area contributed by atoms with Gasteiger partial charge in [-0.3, -0.25) is 4.99 Å². The van der Waals surface area contributed by atoms with Crippen LogP contribution in [0.2, 0.25) is 0 Å². The largest absolute Gasteiger partial charge is 0.379 e. The Morgan fingerprint density at radius 1 is 1.32 bits per heavy atom. The fraction of sp³-hybridized carbons (Fsp3) is 0.562. The Morgan fingerprint density at radius 2 is 2.09 bits per heavy atom. The van der Waals surface area contributed by atoms with Crippen LogP contribution < -0.4 is 10.6 Å². The van der Waals surface area contributed by atoms with E-state index in [1.807, 2.05) is 6.07 Å². The first-order valence-corrected chi connectivity index (χ1v) is 7.54. The topological polar surface area (TPSA) is 45.7 Å². The summed E-state index contributed by atoms with van der Waals surface area (Å²) in [6, 6.07) is 6.67. The summed E-state index contributed by atoms with van der Waals surface area (Å²) in [6.45, 7) is 3.03. The Hall–Kier alpha value is -0.890. The highest BCUT2D eigenvalue weighted by molar-refractivity contribution is 14.0. The minimum absolute atomic E-state index is 0. The maximum atomic E-state index is 13.0. The van der Waals surface area contributed by atoms with Crippen LogP contribution in [0.3, 0.4) is 0 Å². The van der Waals surface area contributed by atoms with Crippen LogP contribution in [0.4, 0.5) is 4.39 Å². The number of nitrogens with one attached hydrogen (secondary N) is 2. The summed E-state index contributed by atoms with van der Waals surface area (Å²) in [5, 5.41) is 6.41. The molecule has 0 saturated heterocycles. The van der Waals surface area contributed by atoms with E-state index in [1.54, 1.807) is 19.2 Å². The molecule has 22 heavy (non-hydrogen) atoms. The van der Waals surface area contributed by atoms with Crippen LogP contribution >= 0.6 is 24.0 Å². The summed E-state index contributed by atoms with van der Waals surface area (Å²) in [5.74, 6) is 1.36. The van der Waals surface area contributed by atoms with Crippen molar-refractivity contribution in [2.24, 2.45) is 10.9 Å². The Kier molecular flexibility index (Phi) is 9.38. The van der Waals surface area contributed by atoms with Gasteiger partial charge in [0.15, 0.2) is 5.96 Å². The molecule has 1 fully saturated rings. The van der Waals surface area contributed by atoms with E-state index in [0.29, 0.717) is 13.2 Å². The van der Waals surface area contributed by atoms with Crippen LogP contribution in [0.25, 0.3) is 0 Å². The maximum absolute atomic E-state index is 13.0. The van der Waals surface area contributed by atoms with Gasteiger partial charge in [-0.05, 0) is 42.9 Å². The molecule has 1 aromatic carbocycles. The second kappa shape index (κ2) is 10.8. The molecule has 0 amide bonds. The molecule has 0 heterocycles. The second-order valence-corrected chi connectivity index (χ2v) is 5.32. The number of halogens is 2. The van der Waals surface area contributed by atoms with E-state index in [4.69, 9.17) is 4.74 Å². The molecule has 124 valence electrons. The molecule has 0 unspecified atom stereocenters. The third kappa shape index (κ3) is 7.93. The smallest absolute Gasteiger partial charge is 0.191 e. The van der Waals surface area contributed by atoms with E-state index >= 15 is 0 Å². The van der Waals surface area contributed by atoms with Crippen LogP contribution in [0, 0.1) is 11.7 Å². The van der Waals surface area contributed by atoms with Crippen LogP contribution in [0.15, 0.2) is 29.3 Å². The standard InChI is InChI=1S/C16H24FN3O.HI/c1-18-16(20-9-10-21-12-14-5-6-14)19-8-7-13-3-2-4-15(17)11-13;/h2-4,11,14H,5-10,12H2,1H3,(H2,18,19,20);1H. The molecular weight excluding hydrogens is 396 g/mol. The number of ether oxygens (including phenoxy) is 1. The van der Waals surface area contributed by atoms with Gasteiger partial charge in [-0.15, -0.1) is 24.0 Å². The molecule has 0 radical (unpaired) electrons. The first-order valence-electron chi connectivity index (χ1n) is 7.54. The number of guanidine groups is 1. The van der Waals surface area contributed by atoms with Crippen LogP contribution in [-0.4, -0.2) is 39.3 Å². The van der Waals surface area contributed by atoms with E-state index in [9.17, 15) is 4.39 Å². The summed E-state index contributed by atoms with van der Waals surface area (Å²) >= 11 is 0. The normalized spacial score (nSPS) is 14.4. The molecule has 4 nitrogen and oxygen atoms in total. The zero-order chi connectivity index (χ0) is 14.9. The zero-order valence-electron chi connectivity index (χ0n) is 13.0. The molecule has 1 aliphatic carbocycles. The van der Waals surface area contributed by atoms with Gasteiger partial charge < -0.3 is 15.4 Å². The minimum Gasteiger partial charge on any atom is -0.379 e. The van der Waals surface area contributed by atoms with Crippen LogP contribution in [0.1, 0.15) is 18.4 Å². The molecule has 0 atom stereocenters. The minimum atomic E-state index is -0.192. The number of rotatable bonds is 8. The summed E-state index contributed by atoms with van der Waals surface area (Å²) in [4.78, 5) is 4.15. The van der Waals surface area contributed by atoms with Gasteiger partial charge in [0, 0.05) is 26.7 Å². The second-order valence-electron chi connectivity index (χ2n) is 5.32. The predicted octanol–water partition coefficient (Wildman–Crippen LogP) is 2.58. The number of benzene rings is 1. The van der Waals surface area contributed by atoms with E-state index in [1.165, 1.54) is 18.9 Å². The molecule has 1 saturated carbocycles. The molecular formula is C16H25FIN3O. The first-order chi connectivity index (χ1) is 10.3. The number of hydrogen-bond donors (Lipinski definition) is 2. The number of hydrogen-bond acceptors (Lipinski definition) is 2. The Balaban J connectivity index is 0.00000242. The van der Waals surface area contributed by atoms with Crippen LogP contribution in [-0.2, 0) is 11.2 Å². The monoisotopic (exact) mass is 421 g/mol. The average Bonchev–Trinajstić information content (AvgIpc) is 3.29. The lowest BCUT2D eigenvalue weighted by molar-refractivity contribution is 0.129. The molecule has 0 spiro atoms. The number of aliphatic imine (C=N–C) groups is 1. The van der Waals surface area contributed by atoms with Crippen molar-refractivity contribution in [3.05, 3.63) is 35.6 Å². The quantitative estimate of drug-likeness (QED) is 0.294. The zero-order valence-corrected chi connectivity index (χ0v) is 15.3. The molecule has 0 aromatic heterocycles. The molecule has 1 aromatic rings. The van der Waals surface area contributed by atoms with Gasteiger partial charge in [-0.1, -0.05) is 12.1 Å². The lowest BCUT2D eigenvalue weighted by atomic mass is 10.1. The van der Waals surface area contributed by atoms with Crippen molar-refractivity contribution in [1.29, 1.82) is 0 Å². The fourth-order valence-corrected chi connectivity index (χ4v) is 2.01. The average molecular weight is 421 g/mol. The Bertz CT molecular complexity index is 466. The lowest BCUT2D eigenvalue weighted by Crippen LogP contribution is -2.39. The molecule has 0 bridgehead atoms. The summed E-state index contributed by atoms with van der Waals surface area (Å²) in [7, 11) is 1.74. The Morgan fingerprint density at radius 3 is 2.77 bits per heavy atom. The Labute approximate surface area is 148 Å². The van der Waals surface area contributed by atoms with Crippen molar-refractivity contribution >= 4 is 29.9 Å². The van der Waals surface area contributed by atoms with Gasteiger partial charge in [0.05, 0.1) is 6.61 Å². The van der Waals surface area contributed by atoms with Gasteiger partial charge in [0.1, 0.15) is 5.82 Å². The fourth-order valence-electron chi connectivity index (χ4n) is 2.01. The third-order valence-corrected chi connectivity index (χ3v) is 3.41. The van der Waals surface area contributed by atoms with E-state index < -0.39 is 0 Å². The van der Waals surface area contributed by atoms with E-state index in [0.717, 1.165) is 37.0 Å². The lowest BCUT2D eigenvalue weighted by Gasteiger charge is -2.12. The number of nitrogens with zero attached hydrogens (tertiary/aromatic N) is 1. The van der Waals surface area contributed by atoms with Crippen LogP contribution in [0.5, 0.6) is 0 Å². The molecule has 2 rings (SSSR count). The molecule has 2 N–H and O–H groups in total. The highest BCUT2D eigenvalue weighted by Gasteiger charge is 2.20. The van der Waals surface area contributed by atoms with E-state index in [2.05, 4.69) is 15.6 Å². The first kappa shape index (κ1) is 19.2. The van der Waals surface area contributed by atoms with Gasteiger partial charge in [-0.25, -0.2) is 4.39 Å². The van der Waals surface area contributed by atoms with E-state index in [-0.39, 0.29) is 29.8 Å². The molecule has 1 aliphatic rings. The van der Waals surface area contributed by atoms with Gasteiger partial charge in [0.2, 0.25) is 0 Å². The molecule has 0 aliphatic heterocycles. The highest BCUT2D eigenvalue weighted by Crippen LogP contribution is 2.28. The van der Waals surface area contributed by atoms with Crippen molar-refractivity contribution in [1.82, 2.24) is 10.6 Å². The highest BCUT2D eigenvalue weighted by atomic mass is 127. The predicted molar refractivity (Wildman–Crippen MR) is 98.4 cm³/mol. The van der Waals surface area contributed by atoms with Gasteiger partial charge in [-0.2, -0.15) is 0 Å². The molecule has 6 heteroatoms.